The Morgan fingerprint density at radius 3 is 2.34 bits per heavy atom. The molecule has 352 valence electrons. The maximum Gasteiger partial charge on any atom is 0.335 e. The fraction of sp³-hybridized carbons (Fsp3) is 0.353. The number of fused-ring (bicyclic) bond motifs is 3. The number of carboxylic acids is 1. The number of nitrogens with two attached hydrogens (primary N) is 1. The number of carbonyl (C=O) groups is 7. The monoisotopic (exact) mass is 913 g/mol. The van der Waals surface area contributed by atoms with E-state index < -0.39 is 58.9 Å². The standard InChI is InChI=1S/C51H59N7O9/c1-34-28-39(49(64)65)16-17-41(34)37-14-12-35(13-15-37)29-43-48(63)55-32-40-11-6-5-10-38(40)30-45(60)56-42(47(62)54-24-27-67-26-22-52)20-23-53-44(59)18-19-46(61)58-25-7-21-51(33-58,50(66)57-43)31-36-8-3-2-4-9-36/h2-6,8-19,28,42-43H,7,20-27,29-33,52H2,1H3,(H,53,59)(H,54,62)(H,55,63)(H,56,60)(H,57,66)(H,64,65)/b19-18+/t42-,43-,51-/m0/s1. The fourth-order valence-corrected chi connectivity index (χ4v) is 8.51. The number of nitrogens with one attached hydrogen (secondary N) is 5. The first-order valence-electron chi connectivity index (χ1n) is 22.6. The van der Waals surface area contributed by atoms with E-state index >= 15 is 0 Å². The lowest BCUT2D eigenvalue weighted by atomic mass is 9.74. The number of nitrogens with zero attached hydrogens (tertiary/aromatic N) is 1. The Bertz CT molecular complexity index is 2440. The first-order chi connectivity index (χ1) is 32.3. The summed E-state index contributed by atoms with van der Waals surface area (Å²) in [5.74, 6) is -3.88. The highest BCUT2D eigenvalue weighted by atomic mass is 16.5. The molecular formula is C51H59N7O9. The van der Waals surface area contributed by atoms with Crippen LogP contribution < -0.4 is 32.3 Å². The van der Waals surface area contributed by atoms with Crippen molar-refractivity contribution in [3.8, 4) is 11.1 Å². The summed E-state index contributed by atoms with van der Waals surface area (Å²) >= 11 is 0. The highest BCUT2D eigenvalue weighted by molar-refractivity contribution is 5.97. The third-order valence-corrected chi connectivity index (χ3v) is 12.0. The van der Waals surface area contributed by atoms with E-state index in [1.54, 1.807) is 47.4 Å². The zero-order valence-electron chi connectivity index (χ0n) is 37.7. The van der Waals surface area contributed by atoms with Crippen LogP contribution in [0.4, 0.5) is 0 Å². The van der Waals surface area contributed by atoms with Crippen LogP contribution in [-0.4, -0.2) is 109 Å². The van der Waals surface area contributed by atoms with Gasteiger partial charge in [-0.15, -0.1) is 0 Å². The molecule has 3 atom stereocenters. The molecule has 0 aliphatic carbocycles. The van der Waals surface area contributed by atoms with Crippen molar-refractivity contribution in [1.29, 1.82) is 0 Å². The third kappa shape index (κ3) is 13.9. The molecule has 0 aromatic heterocycles. The number of amides is 6. The van der Waals surface area contributed by atoms with E-state index in [0.717, 1.165) is 40.0 Å². The molecule has 0 radical (unpaired) electrons. The van der Waals surface area contributed by atoms with Crippen molar-refractivity contribution in [2.75, 3.05) is 45.9 Å². The van der Waals surface area contributed by atoms with Gasteiger partial charge in [-0.05, 0) is 83.7 Å². The number of aromatic carboxylic acids is 1. The number of rotatable bonds is 12. The predicted octanol–water partition coefficient (Wildman–Crippen LogP) is 2.75. The molecule has 1 saturated heterocycles. The smallest absolute Gasteiger partial charge is 0.335 e. The topological polar surface area (TPSA) is 238 Å². The lowest BCUT2D eigenvalue weighted by molar-refractivity contribution is -0.141. The molecule has 2 bridgehead atoms. The molecule has 1 fully saturated rings. The molecule has 0 saturated carbocycles. The Morgan fingerprint density at radius 1 is 0.866 bits per heavy atom. The molecule has 2 heterocycles. The minimum Gasteiger partial charge on any atom is -0.478 e. The highest BCUT2D eigenvalue weighted by Crippen LogP contribution is 2.35. The van der Waals surface area contributed by atoms with Gasteiger partial charge in [0, 0.05) is 57.8 Å². The molecule has 6 amide bonds. The predicted molar refractivity (Wildman–Crippen MR) is 251 cm³/mol. The van der Waals surface area contributed by atoms with Crippen molar-refractivity contribution < 1.29 is 43.4 Å². The largest absolute Gasteiger partial charge is 0.478 e. The normalized spacial score (nSPS) is 20.4. The van der Waals surface area contributed by atoms with Gasteiger partial charge >= 0.3 is 5.97 Å². The Morgan fingerprint density at radius 2 is 1.61 bits per heavy atom. The quantitative estimate of drug-likeness (QED) is 0.103. The average Bonchev–Trinajstić information content (AvgIpc) is 3.32. The van der Waals surface area contributed by atoms with E-state index in [9.17, 15) is 38.7 Å². The maximum absolute atomic E-state index is 14.9. The van der Waals surface area contributed by atoms with E-state index in [1.807, 2.05) is 61.5 Å². The molecule has 2 aliphatic rings. The Kier molecular flexibility index (Phi) is 17.5. The van der Waals surface area contributed by atoms with Gasteiger partial charge in [-0.2, -0.15) is 0 Å². The van der Waals surface area contributed by atoms with Crippen LogP contribution in [0.25, 0.3) is 11.1 Å². The number of carboxylic acid groups (broad SMARTS) is 1. The van der Waals surface area contributed by atoms with Crippen molar-refractivity contribution in [3.05, 3.63) is 143 Å². The summed E-state index contributed by atoms with van der Waals surface area (Å²) in [7, 11) is 0. The molecular weight excluding hydrogens is 855 g/mol. The van der Waals surface area contributed by atoms with Gasteiger partial charge in [0.2, 0.25) is 35.4 Å². The van der Waals surface area contributed by atoms with Crippen molar-refractivity contribution in [3.63, 3.8) is 0 Å². The van der Waals surface area contributed by atoms with Crippen LogP contribution in [-0.2, 0) is 59.3 Å². The van der Waals surface area contributed by atoms with E-state index in [-0.39, 0.29) is 64.0 Å². The van der Waals surface area contributed by atoms with Gasteiger partial charge in [-0.1, -0.05) is 84.9 Å². The lowest BCUT2D eigenvalue weighted by Gasteiger charge is -2.42. The van der Waals surface area contributed by atoms with Crippen LogP contribution >= 0.6 is 0 Å². The average molecular weight is 914 g/mol. The van der Waals surface area contributed by atoms with Crippen LogP contribution in [0, 0.1) is 12.3 Å². The lowest BCUT2D eigenvalue weighted by Crippen LogP contribution is -2.58. The minimum absolute atomic E-state index is 0.000533. The summed E-state index contributed by atoms with van der Waals surface area (Å²) in [4.78, 5) is 96.1. The first-order valence-corrected chi connectivity index (χ1v) is 22.6. The molecule has 8 N–H and O–H groups in total. The number of ether oxygens (including phenoxy) is 1. The third-order valence-electron chi connectivity index (χ3n) is 12.0. The summed E-state index contributed by atoms with van der Waals surface area (Å²) in [6.45, 7) is 3.26. The SMILES string of the molecule is Cc1cc(C(=O)O)ccc1-c1ccc(C[C@@H]2NC(=O)[C@]3(Cc4ccccc4)CCCN(C3)C(=O)/C=C/C(=O)NCC[C@@H](C(=O)NCCOCCN)NC(=O)Cc3ccccc3CNC2=O)cc1. The Hall–Kier alpha value is -7.17. The highest BCUT2D eigenvalue weighted by Gasteiger charge is 2.44. The molecule has 0 unspecified atom stereocenters. The number of carbonyl (C=O) groups excluding carboxylic acids is 6. The summed E-state index contributed by atoms with van der Waals surface area (Å²) in [5, 5.41) is 23.8. The number of piperidine rings is 1. The van der Waals surface area contributed by atoms with Crippen molar-refractivity contribution in [1.82, 2.24) is 31.5 Å². The van der Waals surface area contributed by atoms with Crippen LogP contribution in [0.5, 0.6) is 0 Å². The Balaban J connectivity index is 1.31. The van der Waals surface area contributed by atoms with Crippen LogP contribution in [0.1, 0.15) is 57.4 Å². The summed E-state index contributed by atoms with van der Waals surface area (Å²) < 4.78 is 5.36. The summed E-state index contributed by atoms with van der Waals surface area (Å²) in [5.41, 5.74) is 9.87. The van der Waals surface area contributed by atoms with Gasteiger partial charge in [-0.3, -0.25) is 28.8 Å². The molecule has 4 aromatic carbocycles. The van der Waals surface area contributed by atoms with Gasteiger partial charge in [0.25, 0.3) is 0 Å². The number of benzene rings is 4. The molecule has 67 heavy (non-hydrogen) atoms. The summed E-state index contributed by atoms with van der Waals surface area (Å²) in [6.07, 6.45) is 3.47. The van der Waals surface area contributed by atoms with Gasteiger partial charge in [0.05, 0.1) is 30.6 Å². The van der Waals surface area contributed by atoms with Crippen LogP contribution in [0.15, 0.2) is 109 Å². The second kappa shape index (κ2) is 23.8. The van der Waals surface area contributed by atoms with Gasteiger partial charge in [0.15, 0.2) is 0 Å². The van der Waals surface area contributed by atoms with Gasteiger partial charge < -0.3 is 47.1 Å². The maximum atomic E-state index is 14.9. The van der Waals surface area contributed by atoms with Crippen LogP contribution in [0.3, 0.4) is 0 Å². The molecule has 6 rings (SSSR count). The second-order valence-corrected chi connectivity index (χ2v) is 17.0. The molecule has 0 spiro atoms. The number of aryl methyl sites for hydroxylation is 1. The molecule has 16 nitrogen and oxygen atoms in total. The molecule has 2 aliphatic heterocycles. The van der Waals surface area contributed by atoms with Gasteiger partial charge in [0.1, 0.15) is 12.1 Å². The second-order valence-electron chi connectivity index (χ2n) is 17.0. The van der Waals surface area contributed by atoms with E-state index in [1.165, 1.54) is 0 Å². The van der Waals surface area contributed by atoms with E-state index in [4.69, 9.17) is 10.5 Å². The number of hydrogen-bond donors (Lipinski definition) is 7. The first kappa shape index (κ1) is 49.3. The van der Waals surface area contributed by atoms with E-state index in [2.05, 4.69) is 26.6 Å². The Labute approximate surface area is 390 Å². The zero-order chi connectivity index (χ0) is 47.8. The molecule has 16 heteroatoms. The van der Waals surface area contributed by atoms with Crippen LogP contribution in [0.2, 0.25) is 0 Å². The zero-order valence-corrected chi connectivity index (χ0v) is 37.7. The fourth-order valence-electron chi connectivity index (χ4n) is 8.51. The molecule has 4 aromatic rings. The number of hydrogen-bond acceptors (Lipinski definition) is 9. The summed E-state index contributed by atoms with van der Waals surface area (Å²) in [6, 6.07) is 26.9. The van der Waals surface area contributed by atoms with Crippen molar-refractivity contribution in [2.24, 2.45) is 11.1 Å². The van der Waals surface area contributed by atoms with E-state index in [0.29, 0.717) is 43.7 Å². The van der Waals surface area contributed by atoms with Crippen molar-refractivity contribution >= 4 is 41.4 Å². The van der Waals surface area contributed by atoms with Gasteiger partial charge in [-0.25, -0.2) is 4.79 Å². The van der Waals surface area contributed by atoms with Crippen molar-refractivity contribution in [2.45, 2.75) is 64.1 Å². The minimum atomic E-state index is -1.14.